The smallest absolute Gasteiger partial charge is 0.243 e. The van der Waals surface area contributed by atoms with Gasteiger partial charge in [0.05, 0.1) is 6.04 Å². The molecular weight excluding hydrogens is 238 g/mol. The van der Waals surface area contributed by atoms with Crippen molar-refractivity contribution >= 4 is 16.7 Å². The van der Waals surface area contributed by atoms with Gasteiger partial charge in [0.25, 0.3) is 0 Å². The number of aromatic nitrogens is 4. The van der Waals surface area contributed by atoms with Gasteiger partial charge < -0.3 is 5.32 Å². The van der Waals surface area contributed by atoms with Crippen LogP contribution in [0.5, 0.6) is 0 Å². The van der Waals surface area contributed by atoms with Gasteiger partial charge >= 0.3 is 0 Å². The van der Waals surface area contributed by atoms with Crippen molar-refractivity contribution in [2.45, 2.75) is 12.5 Å². The van der Waals surface area contributed by atoms with Crippen molar-refractivity contribution in [3.05, 3.63) is 48.0 Å². The molecule has 5 nitrogen and oxygen atoms in total. The third-order valence-electron chi connectivity index (χ3n) is 3.65. The summed E-state index contributed by atoms with van der Waals surface area (Å²) in [5, 5.41) is 17.5. The molecule has 0 fully saturated rings. The molecule has 0 radical (unpaired) electrons. The maximum absolute atomic E-state index is 4.09. The summed E-state index contributed by atoms with van der Waals surface area (Å²) in [6.07, 6.45) is 0.996. The van der Waals surface area contributed by atoms with Crippen molar-refractivity contribution in [3.63, 3.8) is 0 Å². The largest absolute Gasteiger partial charge is 0.353 e. The molecule has 0 saturated carbocycles. The SMILES string of the molecule is c1ccc2cc(C3CCNc4nnnn43)ccc2c1. The highest BCUT2D eigenvalue weighted by Crippen LogP contribution is 2.29. The fraction of sp³-hybridized carbons (Fsp3) is 0.214. The van der Waals surface area contributed by atoms with Crippen molar-refractivity contribution in [1.82, 2.24) is 20.2 Å². The van der Waals surface area contributed by atoms with E-state index in [0.717, 1.165) is 18.9 Å². The second-order valence-corrected chi connectivity index (χ2v) is 4.78. The summed E-state index contributed by atoms with van der Waals surface area (Å²) in [6.45, 7) is 0.901. The molecule has 2 aromatic carbocycles. The van der Waals surface area contributed by atoms with E-state index < -0.39 is 0 Å². The van der Waals surface area contributed by atoms with Crippen molar-refractivity contribution in [3.8, 4) is 0 Å². The summed E-state index contributed by atoms with van der Waals surface area (Å²) >= 11 is 0. The maximum Gasteiger partial charge on any atom is 0.243 e. The molecule has 0 spiro atoms. The van der Waals surface area contributed by atoms with E-state index in [0.29, 0.717) is 0 Å². The van der Waals surface area contributed by atoms with Crippen molar-refractivity contribution in [1.29, 1.82) is 0 Å². The maximum atomic E-state index is 4.09. The second-order valence-electron chi connectivity index (χ2n) is 4.78. The summed E-state index contributed by atoms with van der Waals surface area (Å²) in [4.78, 5) is 0. The van der Waals surface area contributed by atoms with Crippen molar-refractivity contribution in [2.75, 3.05) is 11.9 Å². The minimum atomic E-state index is 0.218. The third-order valence-corrected chi connectivity index (χ3v) is 3.65. The lowest BCUT2D eigenvalue weighted by atomic mass is 9.99. The first kappa shape index (κ1) is 10.5. The van der Waals surface area contributed by atoms with Crippen LogP contribution in [-0.4, -0.2) is 26.8 Å². The molecule has 0 aliphatic carbocycles. The summed E-state index contributed by atoms with van der Waals surface area (Å²) in [5.41, 5.74) is 1.26. The zero-order valence-corrected chi connectivity index (χ0v) is 10.3. The predicted molar refractivity (Wildman–Crippen MR) is 73.0 cm³/mol. The van der Waals surface area contributed by atoms with Crippen LogP contribution in [0.3, 0.4) is 0 Å². The molecule has 0 bridgehead atoms. The average Bonchev–Trinajstić information content (AvgIpc) is 2.95. The molecule has 2 heterocycles. The van der Waals surface area contributed by atoms with E-state index in [-0.39, 0.29) is 6.04 Å². The van der Waals surface area contributed by atoms with Gasteiger partial charge in [0.2, 0.25) is 5.95 Å². The minimum Gasteiger partial charge on any atom is -0.353 e. The van der Waals surface area contributed by atoms with Gasteiger partial charge in [-0.3, -0.25) is 0 Å². The van der Waals surface area contributed by atoms with Gasteiger partial charge in [-0.2, -0.15) is 0 Å². The van der Waals surface area contributed by atoms with E-state index in [1.807, 2.05) is 4.68 Å². The zero-order chi connectivity index (χ0) is 12.7. The number of nitrogens with one attached hydrogen (secondary N) is 1. The fourth-order valence-corrected chi connectivity index (χ4v) is 2.69. The molecular formula is C14H13N5. The van der Waals surface area contributed by atoms with Gasteiger partial charge in [0.15, 0.2) is 0 Å². The monoisotopic (exact) mass is 251 g/mol. The molecule has 94 valence electrons. The lowest BCUT2D eigenvalue weighted by Gasteiger charge is -2.24. The number of benzene rings is 2. The Bertz CT molecular complexity index is 733. The highest BCUT2D eigenvalue weighted by molar-refractivity contribution is 5.83. The summed E-state index contributed by atoms with van der Waals surface area (Å²) in [5.74, 6) is 0.754. The predicted octanol–water partition coefficient (Wildman–Crippen LogP) is 2.23. The van der Waals surface area contributed by atoms with Crippen LogP contribution < -0.4 is 5.32 Å². The van der Waals surface area contributed by atoms with Gasteiger partial charge in [-0.25, -0.2) is 4.68 Å². The van der Waals surface area contributed by atoms with Crippen molar-refractivity contribution < 1.29 is 0 Å². The van der Waals surface area contributed by atoms with E-state index in [4.69, 9.17) is 0 Å². The standard InChI is InChI=1S/C14H13N5/c1-2-4-11-9-12(6-5-10(11)3-1)13-7-8-15-14-16-17-18-19(13)14/h1-6,9,13H,7-8H2,(H,15,16,18). The third kappa shape index (κ3) is 1.66. The van der Waals surface area contributed by atoms with E-state index in [1.54, 1.807) is 0 Å². The molecule has 1 unspecified atom stereocenters. The Morgan fingerprint density at radius 3 is 2.95 bits per heavy atom. The van der Waals surface area contributed by atoms with Crippen LogP contribution in [0.2, 0.25) is 0 Å². The van der Waals surface area contributed by atoms with Crippen LogP contribution >= 0.6 is 0 Å². The Hall–Kier alpha value is -2.43. The average molecular weight is 251 g/mol. The molecule has 0 saturated heterocycles. The summed E-state index contributed by atoms with van der Waals surface area (Å²) in [7, 11) is 0. The summed E-state index contributed by atoms with van der Waals surface area (Å²) in [6, 6.07) is 15.2. The van der Waals surface area contributed by atoms with Crippen molar-refractivity contribution in [2.24, 2.45) is 0 Å². The Labute approximate surface area is 110 Å². The Kier molecular flexibility index (Phi) is 2.24. The minimum absolute atomic E-state index is 0.218. The number of hydrogen-bond acceptors (Lipinski definition) is 4. The quantitative estimate of drug-likeness (QED) is 0.720. The second kappa shape index (κ2) is 4.05. The fourth-order valence-electron chi connectivity index (χ4n) is 2.69. The van der Waals surface area contributed by atoms with Crippen LogP contribution in [0.1, 0.15) is 18.0 Å². The molecule has 3 aromatic rings. The van der Waals surface area contributed by atoms with Crippen LogP contribution in [0, 0.1) is 0 Å². The molecule has 1 aromatic heterocycles. The van der Waals surface area contributed by atoms with E-state index >= 15 is 0 Å². The molecule has 19 heavy (non-hydrogen) atoms. The lowest BCUT2D eigenvalue weighted by molar-refractivity contribution is 0.469. The van der Waals surface area contributed by atoms with E-state index in [9.17, 15) is 0 Å². The number of tetrazole rings is 1. The highest BCUT2D eigenvalue weighted by Gasteiger charge is 2.23. The number of anilines is 1. The van der Waals surface area contributed by atoms with E-state index in [1.165, 1.54) is 16.3 Å². The number of rotatable bonds is 1. The first-order chi connectivity index (χ1) is 9.42. The zero-order valence-electron chi connectivity index (χ0n) is 10.3. The van der Waals surface area contributed by atoms with Crippen LogP contribution in [0.4, 0.5) is 5.95 Å². The topological polar surface area (TPSA) is 55.6 Å². The molecule has 1 atom stereocenters. The Morgan fingerprint density at radius 2 is 2.00 bits per heavy atom. The molecule has 1 aliphatic rings. The van der Waals surface area contributed by atoms with Crippen LogP contribution in [0.15, 0.2) is 42.5 Å². The molecule has 1 aliphatic heterocycles. The molecule has 1 N–H and O–H groups in total. The first-order valence-corrected chi connectivity index (χ1v) is 6.42. The number of fused-ring (bicyclic) bond motifs is 2. The van der Waals surface area contributed by atoms with Gasteiger partial charge in [0, 0.05) is 6.54 Å². The number of hydrogen-bond donors (Lipinski definition) is 1. The van der Waals surface area contributed by atoms with Crippen LogP contribution in [-0.2, 0) is 0 Å². The lowest BCUT2D eigenvalue weighted by Crippen LogP contribution is -2.24. The Morgan fingerprint density at radius 1 is 1.11 bits per heavy atom. The molecule has 4 rings (SSSR count). The van der Waals surface area contributed by atoms with E-state index in [2.05, 4.69) is 63.3 Å². The Balaban J connectivity index is 1.83. The summed E-state index contributed by atoms with van der Waals surface area (Å²) < 4.78 is 1.87. The van der Waals surface area contributed by atoms with Gasteiger partial charge in [-0.15, -0.1) is 0 Å². The van der Waals surface area contributed by atoms with Crippen LogP contribution in [0.25, 0.3) is 10.8 Å². The molecule has 5 heteroatoms. The van der Waals surface area contributed by atoms with Gasteiger partial charge in [0.1, 0.15) is 0 Å². The van der Waals surface area contributed by atoms with Gasteiger partial charge in [-0.05, 0) is 39.2 Å². The normalized spacial score (nSPS) is 18.0. The first-order valence-electron chi connectivity index (χ1n) is 6.42. The van der Waals surface area contributed by atoms with Gasteiger partial charge in [-0.1, -0.05) is 41.5 Å². The number of nitrogens with zero attached hydrogens (tertiary/aromatic N) is 4. The molecule has 0 amide bonds. The highest BCUT2D eigenvalue weighted by atomic mass is 15.6.